The van der Waals surface area contributed by atoms with Gasteiger partial charge < -0.3 is 14.8 Å². The normalized spacial score (nSPS) is 14.8. The Balaban J connectivity index is 1.44. The number of nitrogens with zero attached hydrogens (tertiary/aromatic N) is 2. The van der Waals surface area contributed by atoms with E-state index in [9.17, 15) is 4.79 Å². The molecule has 2 aromatic rings. The van der Waals surface area contributed by atoms with Crippen molar-refractivity contribution in [2.75, 3.05) is 33.4 Å². The predicted molar refractivity (Wildman–Crippen MR) is 109 cm³/mol. The van der Waals surface area contributed by atoms with Crippen LogP contribution < -0.4 is 10.1 Å². The van der Waals surface area contributed by atoms with Gasteiger partial charge >= 0.3 is 0 Å². The van der Waals surface area contributed by atoms with Crippen molar-refractivity contribution in [3.63, 3.8) is 0 Å². The van der Waals surface area contributed by atoms with Crippen molar-refractivity contribution in [2.24, 2.45) is 0 Å². The Labute approximate surface area is 170 Å². The maximum atomic E-state index is 12.2. The smallest absolute Gasteiger partial charge is 0.253 e. The van der Waals surface area contributed by atoms with Crippen molar-refractivity contribution in [2.45, 2.75) is 25.4 Å². The van der Waals surface area contributed by atoms with Crippen molar-refractivity contribution in [3.05, 3.63) is 58.9 Å². The minimum absolute atomic E-state index is 0.187. The second-order valence-electron chi connectivity index (χ2n) is 6.87. The van der Waals surface area contributed by atoms with Crippen LogP contribution in [-0.2, 0) is 11.3 Å². The first-order chi connectivity index (χ1) is 13.6. The third-order valence-electron chi connectivity index (χ3n) is 4.87. The van der Waals surface area contributed by atoms with Crippen LogP contribution in [0.3, 0.4) is 0 Å². The molecular formula is C21H26ClN3O3. The predicted octanol–water partition coefficient (Wildman–Crippen LogP) is 3.15. The van der Waals surface area contributed by atoms with Crippen LogP contribution in [0.15, 0.2) is 42.6 Å². The molecule has 1 aromatic carbocycles. The van der Waals surface area contributed by atoms with Crippen molar-refractivity contribution in [1.82, 2.24) is 15.2 Å². The van der Waals surface area contributed by atoms with Crippen LogP contribution in [0.1, 0.15) is 28.8 Å². The Kier molecular flexibility index (Phi) is 7.65. The number of aromatic nitrogens is 1. The number of amides is 1. The first-order valence-corrected chi connectivity index (χ1v) is 9.89. The van der Waals surface area contributed by atoms with Crippen LogP contribution in [0, 0.1) is 0 Å². The number of nitrogens with one attached hydrogen (secondary N) is 1. The summed E-state index contributed by atoms with van der Waals surface area (Å²) in [6.07, 6.45) is 3.62. The molecule has 1 aromatic heterocycles. The number of ether oxygens (including phenoxy) is 2. The van der Waals surface area contributed by atoms with Crippen molar-refractivity contribution in [1.29, 1.82) is 0 Å². The molecule has 0 atom stereocenters. The lowest BCUT2D eigenvalue weighted by Crippen LogP contribution is -2.38. The standard InChI is InChI=1S/C21H26ClN3O3/c1-25(18-7-10-27-11-8-18)9-12-28-19-4-2-3-16(13-19)14-24-21(26)17-5-6-20(22)23-15-17/h2-6,13,15,18H,7-12,14H2,1H3,(H,24,26). The van der Waals surface area contributed by atoms with E-state index >= 15 is 0 Å². The molecule has 1 N–H and O–H groups in total. The van der Waals surface area contributed by atoms with E-state index in [0.29, 0.717) is 29.9 Å². The lowest BCUT2D eigenvalue weighted by Gasteiger charge is -2.31. The maximum absolute atomic E-state index is 12.2. The Bertz CT molecular complexity index is 764. The number of halogens is 1. The summed E-state index contributed by atoms with van der Waals surface area (Å²) >= 11 is 5.75. The van der Waals surface area contributed by atoms with Gasteiger partial charge in [0.15, 0.2) is 0 Å². The number of carbonyl (C=O) groups is 1. The molecule has 1 aliphatic heterocycles. The van der Waals surface area contributed by atoms with Crippen molar-refractivity contribution in [3.8, 4) is 5.75 Å². The quantitative estimate of drug-likeness (QED) is 0.686. The minimum atomic E-state index is -0.187. The summed E-state index contributed by atoms with van der Waals surface area (Å²) in [5, 5.41) is 3.25. The molecule has 3 rings (SSSR count). The summed E-state index contributed by atoms with van der Waals surface area (Å²) in [6, 6.07) is 11.6. The van der Waals surface area contributed by atoms with Gasteiger partial charge in [-0.15, -0.1) is 0 Å². The molecule has 1 aliphatic rings. The summed E-state index contributed by atoms with van der Waals surface area (Å²) in [4.78, 5) is 18.4. The Morgan fingerprint density at radius 3 is 2.89 bits per heavy atom. The van der Waals surface area contributed by atoms with Gasteiger partial charge in [0.25, 0.3) is 5.91 Å². The second-order valence-corrected chi connectivity index (χ2v) is 7.26. The van der Waals surface area contributed by atoms with Gasteiger partial charge in [0.2, 0.25) is 0 Å². The summed E-state index contributed by atoms with van der Waals surface area (Å²) in [6.45, 7) is 3.60. The van der Waals surface area contributed by atoms with Crippen LogP contribution in [0.2, 0.25) is 5.15 Å². The minimum Gasteiger partial charge on any atom is -0.492 e. The molecular weight excluding hydrogens is 378 g/mol. The first-order valence-electron chi connectivity index (χ1n) is 9.51. The van der Waals surface area contributed by atoms with Gasteiger partial charge in [-0.25, -0.2) is 4.98 Å². The van der Waals surface area contributed by atoms with E-state index in [1.54, 1.807) is 12.1 Å². The van der Waals surface area contributed by atoms with Crippen LogP contribution in [0.4, 0.5) is 0 Å². The highest BCUT2D eigenvalue weighted by molar-refractivity contribution is 6.29. The van der Waals surface area contributed by atoms with Crippen LogP contribution in [-0.4, -0.2) is 55.2 Å². The summed E-state index contributed by atoms with van der Waals surface area (Å²) in [5.74, 6) is 0.619. The van der Waals surface area contributed by atoms with Gasteiger partial charge in [-0.2, -0.15) is 0 Å². The van der Waals surface area contributed by atoms with E-state index in [1.165, 1.54) is 6.20 Å². The van der Waals surface area contributed by atoms with E-state index in [4.69, 9.17) is 21.1 Å². The first kappa shape index (κ1) is 20.6. The zero-order chi connectivity index (χ0) is 19.8. The van der Waals surface area contributed by atoms with E-state index in [2.05, 4.69) is 22.2 Å². The Morgan fingerprint density at radius 1 is 1.32 bits per heavy atom. The molecule has 0 aliphatic carbocycles. The summed E-state index contributed by atoms with van der Waals surface area (Å²) in [5.41, 5.74) is 1.46. The van der Waals surface area contributed by atoms with Gasteiger partial charge in [-0.1, -0.05) is 23.7 Å². The lowest BCUT2D eigenvalue weighted by atomic mass is 10.1. The molecule has 1 amide bonds. The third-order valence-corrected chi connectivity index (χ3v) is 5.09. The number of rotatable bonds is 8. The Morgan fingerprint density at radius 2 is 2.14 bits per heavy atom. The molecule has 6 nitrogen and oxygen atoms in total. The number of hydrogen-bond donors (Lipinski definition) is 1. The van der Waals surface area contributed by atoms with E-state index in [1.807, 2.05) is 24.3 Å². The fourth-order valence-electron chi connectivity index (χ4n) is 3.16. The largest absolute Gasteiger partial charge is 0.492 e. The fraction of sp³-hybridized carbons (Fsp3) is 0.429. The molecule has 0 unspecified atom stereocenters. The van der Waals surface area contributed by atoms with Crippen LogP contribution >= 0.6 is 11.6 Å². The SMILES string of the molecule is CN(CCOc1cccc(CNC(=O)c2ccc(Cl)nc2)c1)C1CCOCC1. The zero-order valence-corrected chi connectivity index (χ0v) is 16.8. The molecule has 7 heteroatoms. The molecule has 150 valence electrons. The van der Waals surface area contributed by atoms with Gasteiger partial charge in [0.1, 0.15) is 17.5 Å². The molecule has 0 radical (unpaired) electrons. The highest BCUT2D eigenvalue weighted by Crippen LogP contribution is 2.15. The topological polar surface area (TPSA) is 63.7 Å². The number of likely N-dealkylation sites (N-methyl/N-ethyl adjacent to an activating group) is 1. The molecule has 1 saturated heterocycles. The van der Waals surface area contributed by atoms with Crippen LogP contribution in [0.5, 0.6) is 5.75 Å². The van der Waals surface area contributed by atoms with E-state index in [-0.39, 0.29) is 5.91 Å². The van der Waals surface area contributed by atoms with Crippen molar-refractivity contribution < 1.29 is 14.3 Å². The van der Waals surface area contributed by atoms with Gasteiger partial charge in [-0.05, 0) is 49.7 Å². The van der Waals surface area contributed by atoms with Crippen LogP contribution in [0.25, 0.3) is 0 Å². The maximum Gasteiger partial charge on any atom is 0.253 e. The van der Waals surface area contributed by atoms with Gasteiger partial charge in [0, 0.05) is 38.5 Å². The summed E-state index contributed by atoms with van der Waals surface area (Å²) < 4.78 is 11.3. The van der Waals surface area contributed by atoms with Gasteiger partial charge in [-0.3, -0.25) is 9.69 Å². The molecule has 0 bridgehead atoms. The molecule has 1 fully saturated rings. The fourth-order valence-corrected chi connectivity index (χ4v) is 3.27. The lowest BCUT2D eigenvalue weighted by molar-refractivity contribution is 0.0392. The highest BCUT2D eigenvalue weighted by Gasteiger charge is 2.18. The molecule has 28 heavy (non-hydrogen) atoms. The third kappa shape index (κ3) is 6.19. The monoisotopic (exact) mass is 403 g/mol. The number of pyridine rings is 1. The number of hydrogen-bond acceptors (Lipinski definition) is 5. The van der Waals surface area contributed by atoms with E-state index in [0.717, 1.165) is 43.9 Å². The second kappa shape index (κ2) is 10.4. The molecule has 0 saturated carbocycles. The summed E-state index contributed by atoms with van der Waals surface area (Å²) in [7, 11) is 2.14. The zero-order valence-electron chi connectivity index (χ0n) is 16.1. The van der Waals surface area contributed by atoms with Gasteiger partial charge in [0.05, 0.1) is 5.56 Å². The van der Waals surface area contributed by atoms with Crippen molar-refractivity contribution >= 4 is 17.5 Å². The average Bonchev–Trinajstić information content (AvgIpc) is 2.73. The molecule has 2 heterocycles. The molecule has 0 spiro atoms. The number of carbonyl (C=O) groups excluding carboxylic acids is 1. The number of benzene rings is 1. The average molecular weight is 404 g/mol. The highest BCUT2D eigenvalue weighted by atomic mass is 35.5. The Hall–Kier alpha value is -2.15. The van der Waals surface area contributed by atoms with E-state index < -0.39 is 0 Å².